The summed E-state index contributed by atoms with van der Waals surface area (Å²) in [6, 6.07) is 23.6. The van der Waals surface area contributed by atoms with Crippen LogP contribution < -0.4 is 5.32 Å². The van der Waals surface area contributed by atoms with Crippen LogP contribution in [-0.4, -0.2) is 23.3 Å². The third-order valence-electron chi connectivity index (χ3n) is 6.31. The number of rotatable bonds is 5. The molecule has 176 valence electrons. The molecule has 1 N–H and O–H groups in total. The molecule has 1 aliphatic carbocycles. The zero-order chi connectivity index (χ0) is 25.2. The molecular formula is C31H24N2O3. The smallest absolute Gasteiger partial charge is 0.283 e. The van der Waals surface area contributed by atoms with Crippen molar-refractivity contribution >= 4 is 34.6 Å². The van der Waals surface area contributed by atoms with Gasteiger partial charge in [-0.3, -0.25) is 14.4 Å². The van der Waals surface area contributed by atoms with Crippen LogP contribution in [-0.2, 0) is 9.59 Å². The molecule has 36 heavy (non-hydrogen) atoms. The molecule has 0 spiro atoms. The lowest BCUT2D eigenvalue weighted by molar-refractivity contribution is -0.119. The Morgan fingerprint density at radius 3 is 2.28 bits per heavy atom. The van der Waals surface area contributed by atoms with E-state index in [1.165, 1.54) is 0 Å². The van der Waals surface area contributed by atoms with Crippen molar-refractivity contribution < 1.29 is 14.4 Å². The third-order valence-corrected chi connectivity index (χ3v) is 6.31. The number of aliphatic imine (C=N–C) groups is 1. The van der Waals surface area contributed by atoms with Crippen molar-refractivity contribution in [1.29, 1.82) is 0 Å². The minimum Gasteiger partial charge on any atom is -0.321 e. The first-order valence-electron chi connectivity index (χ1n) is 11.7. The number of nitrogens with zero attached hydrogens (tertiary/aromatic N) is 1. The summed E-state index contributed by atoms with van der Waals surface area (Å²) < 4.78 is 0. The number of amides is 2. The first kappa shape index (κ1) is 23.1. The fourth-order valence-corrected chi connectivity index (χ4v) is 4.55. The van der Waals surface area contributed by atoms with E-state index in [0.717, 1.165) is 16.7 Å². The van der Waals surface area contributed by atoms with Crippen molar-refractivity contribution in [2.24, 2.45) is 10.9 Å². The number of hydrogen-bond acceptors (Lipinski definition) is 3. The van der Waals surface area contributed by atoms with E-state index in [1.54, 1.807) is 36.4 Å². The second-order valence-electron chi connectivity index (χ2n) is 8.92. The average molecular weight is 473 g/mol. The molecule has 1 heterocycles. The number of carbonyl (C=O) groups is 3. The van der Waals surface area contributed by atoms with Gasteiger partial charge in [-0.1, -0.05) is 90.0 Å². The number of nitrogens with one attached hydrogen (secondary N) is 1. The van der Waals surface area contributed by atoms with Gasteiger partial charge in [-0.15, -0.1) is 0 Å². The maximum absolute atomic E-state index is 13.7. The second-order valence-corrected chi connectivity index (χ2v) is 8.92. The van der Waals surface area contributed by atoms with Crippen molar-refractivity contribution in [2.75, 3.05) is 5.32 Å². The van der Waals surface area contributed by atoms with Gasteiger partial charge in [0.2, 0.25) is 0 Å². The number of ketones is 1. The molecule has 2 amide bonds. The fourth-order valence-electron chi connectivity index (χ4n) is 4.55. The Kier molecular flexibility index (Phi) is 6.13. The Bertz CT molecular complexity index is 1510. The van der Waals surface area contributed by atoms with Crippen molar-refractivity contribution in [1.82, 2.24) is 0 Å². The predicted octanol–water partition coefficient (Wildman–Crippen LogP) is 5.73. The maximum Gasteiger partial charge on any atom is 0.283 e. The van der Waals surface area contributed by atoms with E-state index in [2.05, 4.69) is 10.3 Å². The number of benzene rings is 3. The number of aryl methyl sites for hydroxylation is 1. The number of hydrogen-bond donors (Lipinski definition) is 1. The highest BCUT2D eigenvalue weighted by atomic mass is 16.2. The van der Waals surface area contributed by atoms with Gasteiger partial charge in [0.15, 0.2) is 5.78 Å². The van der Waals surface area contributed by atoms with E-state index >= 15 is 0 Å². The maximum atomic E-state index is 13.7. The molecule has 2 aliphatic rings. The van der Waals surface area contributed by atoms with Gasteiger partial charge in [0.1, 0.15) is 5.57 Å². The van der Waals surface area contributed by atoms with Gasteiger partial charge in [0, 0.05) is 17.0 Å². The zero-order valence-electron chi connectivity index (χ0n) is 20.0. The van der Waals surface area contributed by atoms with Crippen molar-refractivity contribution in [3.8, 4) is 0 Å². The average Bonchev–Trinajstić information content (AvgIpc) is 2.89. The standard InChI is InChI=1S/C31H24N2O3/c1-19-13-15-25-23(17-19)27(21-9-5-3-6-10-21)28(30(35)32-25)31(36)33-26-16-14-20(2)18-24(26)29(34)22-11-7-4-8-12-22/h3-18,23H,1-2H3,(H,33,36). The fraction of sp³-hybridized carbons (Fsp3) is 0.0968. The third kappa shape index (κ3) is 4.39. The SMILES string of the molecule is CC1=CC2C(=NC(=O)C(C(=O)Nc3ccc(C)cc3C(=O)c3ccccc3)=C2c2ccccc2)C=C1. The number of anilines is 1. The van der Waals surface area contributed by atoms with Crippen molar-refractivity contribution in [2.45, 2.75) is 13.8 Å². The van der Waals surface area contributed by atoms with Crippen LogP contribution >= 0.6 is 0 Å². The van der Waals surface area contributed by atoms with Gasteiger partial charge in [-0.05, 0) is 43.2 Å². The molecule has 1 unspecified atom stereocenters. The van der Waals surface area contributed by atoms with Gasteiger partial charge in [-0.25, -0.2) is 4.99 Å². The van der Waals surface area contributed by atoms with Crippen molar-refractivity contribution in [3.63, 3.8) is 0 Å². The lowest BCUT2D eigenvalue weighted by atomic mass is 9.79. The van der Waals surface area contributed by atoms with Gasteiger partial charge in [0.25, 0.3) is 11.8 Å². The number of fused-ring (bicyclic) bond motifs is 1. The van der Waals surface area contributed by atoms with E-state index in [0.29, 0.717) is 28.1 Å². The Balaban J connectivity index is 1.59. The Labute approximate surface area is 209 Å². The lowest BCUT2D eigenvalue weighted by Crippen LogP contribution is -2.31. The van der Waals surface area contributed by atoms with Gasteiger partial charge in [-0.2, -0.15) is 0 Å². The molecule has 1 atom stereocenters. The van der Waals surface area contributed by atoms with Crippen LogP contribution in [0, 0.1) is 12.8 Å². The van der Waals surface area contributed by atoms with Crippen molar-refractivity contribution in [3.05, 3.63) is 130 Å². The predicted molar refractivity (Wildman–Crippen MR) is 142 cm³/mol. The summed E-state index contributed by atoms with van der Waals surface area (Å²) in [6.45, 7) is 3.86. The van der Waals surface area contributed by atoms with Crippen LogP contribution in [0.2, 0.25) is 0 Å². The number of dihydropyridines is 1. The van der Waals surface area contributed by atoms with Crippen LogP contribution in [0.1, 0.15) is 34.0 Å². The van der Waals surface area contributed by atoms with Crippen LogP contribution in [0.5, 0.6) is 0 Å². The minimum absolute atomic E-state index is 0.0204. The summed E-state index contributed by atoms with van der Waals surface area (Å²) >= 11 is 0. The summed E-state index contributed by atoms with van der Waals surface area (Å²) in [5.74, 6) is -1.72. The Morgan fingerprint density at radius 1 is 0.861 bits per heavy atom. The van der Waals surface area contributed by atoms with E-state index < -0.39 is 11.8 Å². The van der Waals surface area contributed by atoms with E-state index in [1.807, 2.05) is 74.5 Å². The first-order chi connectivity index (χ1) is 17.4. The van der Waals surface area contributed by atoms with Gasteiger partial charge >= 0.3 is 0 Å². The summed E-state index contributed by atoms with van der Waals surface area (Å²) in [4.78, 5) is 44.4. The van der Waals surface area contributed by atoms with Gasteiger partial charge in [0.05, 0.1) is 11.4 Å². The van der Waals surface area contributed by atoms with Gasteiger partial charge < -0.3 is 5.32 Å². The summed E-state index contributed by atoms with van der Waals surface area (Å²) in [6.07, 6.45) is 5.74. The molecule has 0 aromatic heterocycles. The summed E-state index contributed by atoms with van der Waals surface area (Å²) in [7, 11) is 0. The number of allylic oxidation sites excluding steroid dienone is 5. The molecule has 3 aromatic rings. The molecule has 0 saturated heterocycles. The molecule has 0 bridgehead atoms. The molecule has 1 aliphatic heterocycles. The zero-order valence-corrected chi connectivity index (χ0v) is 20.0. The quantitative estimate of drug-likeness (QED) is 0.381. The molecular weight excluding hydrogens is 448 g/mol. The van der Waals surface area contributed by atoms with Crippen LogP contribution in [0.25, 0.3) is 5.57 Å². The highest BCUT2D eigenvalue weighted by Crippen LogP contribution is 2.37. The molecule has 5 rings (SSSR count). The molecule has 5 heteroatoms. The minimum atomic E-state index is -0.599. The van der Waals surface area contributed by atoms with Crippen LogP contribution in [0.3, 0.4) is 0 Å². The summed E-state index contributed by atoms with van der Waals surface area (Å²) in [5, 5.41) is 2.85. The molecule has 0 fully saturated rings. The molecule has 5 nitrogen and oxygen atoms in total. The molecule has 0 radical (unpaired) electrons. The highest BCUT2D eigenvalue weighted by molar-refractivity contribution is 6.34. The molecule has 0 saturated carbocycles. The Hall–Kier alpha value is -4.64. The monoisotopic (exact) mass is 472 g/mol. The Morgan fingerprint density at radius 2 is 1.56 bits per heavy atom. The van der Waals surface area contributed by atoms with E-state index in [-0.39, 0.29) is 17.3 Å². The second kappa shape index (κ2) is 9.55. The largest absolute Gasteiger partial charge is 0.321 e. The topological polar surface area (TPSA) is 75.6 Å². The van der Waals surface area contributed by atoms with Crippen LogP contribution in [0.15, 0.2) is 113 Å². The molecule has 3 aromatic carbocycles. The van der Waals surface area contributed by atoms with Crippen LogP contribution in [0.4, 0.5) is 5.69 Å². The van der Waals surface area contributed by atoms with E-state index in [4.69, 9.17) is 0 Å². The lowest BCUT2D eigenvalue weighted by Gasteiger charge is -2.27. The highest BCUT2D eigenvalue weighted by Gasteiger charge is 2.35. The first-order valence-corrected chi connectivity index (χ1v) is 11.7. The summed E-state index contributed by atoms with van der Waals surface area (Å²) in [5.41, 5.74) is 5.10. The van der Waals surface area contributed by atoms with E-state index in [9.17, 15) is 14.4 Å². The number of carbonyl (C=O) groups excluding carboxylic acids is 3. The normalized spacial score (nSPS) is 16.7.